The third-order valence-electron chi connectivity index (χ3n) is 2.25. The van der Waals surface area contributed by atoms with Gasteiger partial charge < -0.3 is 4.90 Å². The fraction of sp³-hybridized carbons (Fsp3) is 0.400. The van der Waals surface area contributed by atoms with Gasteiger partial charge in [0.25, 0.3) is 0 Å². The van der Waals surface area contributed by atoms with Gasteiger partial charge in [-0.15, -0.1) is 0 Å². The lowest BCUT2D eigenvalue weighted by Crippen LogP contribution is -2.31. The van der Waals surface area contributed by atoms with E-state index in [1.807, 2.05) is 0 Å². The zero-order chi connectivity index (χ0) is 9.10. The topological polar surface area (TPSA) is 29.0 Å². The van der Waals surface area contributed by atoms with Crippen molar-refractivity contribution in [1.29, 1.82) is 0 Å². The maximum absolute atomic E-state index is 4.26. The summed E-state index contributed by atoms with van der Waals surface area (Å²) in [5.41, 5.74) is 1.29. The molecule has 1 aromatic heterocycles. The second kappa shape index (κ2) is 3.56. The van der Waals surface area contributed by atoms with Crippen LogP contribution in [0.2, 0.25) is 0 Å². The number of nitrogens with zero attached hydrogens (tertiary/aromatic N) is 3. The number of piperidine rings is 1. The lowest BCUT2D eigenvalue weighted by molar-refractivity contribution is 0.671. The molecule has 2 rings (SSSR count). The first-order chi connectivity index (χ1) is 6.36. The molecule has 0 atom stereocenters. The normalized spacial score (nSPS) is 17.5. The first-order valence-corrected chi connectivity index (χ1v) is 4.54. The van der Waals surface area contributed by atoms with Crippen molar-refractivity contribution in [2.45, 2.75) is 12.8 Å². The summed E-state index contributed by atoms with van der Waals surface area (Å²) in [5.74, 6) is 0.961. The van der Waals surface area contributed by atoms with Crippen molar-refractivity contribution in [1.82, 2.24) is 9.97 Å². The van der Waals surface area contributed by atoms with Crippen LogP contribution in [0.5, 0.6) is 0 Å². The SMILES string of the molecule is C=C1CCCN(c2cnccn2)C1. The lowest BCUT2D eigenvalue weighted by atomic mass is 10.1. The summed E-state index contributed by atoms with van der Waals surface area (Å²) >= 11 is 0. The molecule has 0 radical (unpaired) electrons. The van der Waals surface area contributed by atoms with Gasteiger partial charge in [0, 0.05) is 25.5 Å². The molecule has 0 saturated carbocycles. The molecule has 0 amide bonds. The molecule has 13 heavy (non-hydrogen) atoms. The zero-order valence-corrected chi connectivity index (χ0v) is 7.61. The monoisotopic (exact) mass is 175 g/mol. The summed E-state index contributed by atoms with van der Waals surface area (Å²) in [6.45, 7) is 6.00. The number of rotatable bonds is 1. The molecule has 0 bridgehead atoms. The van der Waals surface area contributed by atoms with Crippen LogP contribution in [0, 0.1) is 0 Å². The quantitative estimate of drug-likeness (QED) is 0.607. The molecule has 1 aliphatic heterocycles. The lowest BCUT2D eigenvalue weighted by Gasteiger charge is -2.28. The highest BCUT2D eigenvalue weighted by atomic mass is 15.2. The minimum Gasteiger partial charge on any atom is -0.351 e. The predicted molar refractivity (Wildman–Crippen MR) is 52.6 cm³/mol. The largest absolute Gasteiger partial charge is 0.351 e. The molecule has 0 N–H and O–H groups in total. The Morgan fingerprint density at radius 1 is 1.38 bits per heavy atom. The number of hydrogen-bond donors (Lipinski definition) is 0. The van der Waals surface area contributed by atoms with Crippen molar-refractivity contribution >= 4 is 5.82 Å². The summed E-state index contributed by atoms with van der Waals surface area (Å²) in [5, 5.41) is 0. The van der Waals surface area contributed by atoms with Gasteiger partial charge >= 0.3 is 0 Å². The third-order valence-corrected chi connectivity index (χ3v) is 2.25. The summed E-state index contributed by atoms with van der Waals surface area (Å²) in [6.07, 6.45) is 7.56. The van der Waals surface area contributed by atoms with Crippen LogP contribution in [0.3, 0.4) is 0 Å². The highest BCUT2D eigenvalue weighted by Crippen LogP contribution is 2.18. The van der Waals surface area contributed by atoms with Crippen molar-refractivity contribution in [2.24, 2.45) is 0 Å². The first-order valence-electron chi connectivity index (χ1n) is 4.54. The maximum atomic E-state index is 4.26. The van der Waals surface area contributed by atoms with E-state index in [1.54, 1.807) is 18.6 Å². The van der Waals surface area contributed by atoms with Crippen LogP contribution in [-0.2, 0) is 0 Å². The van der Waals surface area contributed by atoms with Crippen LogP contribution in [0.25, 0.3) is 0 Å². The van der Waals surface area contributed by atoms with Crippen molar-refractivity contribution in [3.63, 3.8) is 0 Å². The van der Waals surface area contributed by atoms with Gasteiger partial charge in [0.15, 0.2) is 0 Å². The number of anilines is 1. The Morgan fingerprint density at radius 2 is 2.31 bits per heavy atom. The average molecular weight is 175 g/mol. The number of hydrogen-bond acceptors (Lipinski definition) is 3. The summed E-state index contributed by atoms with van der Waals surface area (Å²) in [6, 6.07) is 0. The Hall–Kier alpha value is -1.38. The Kier molecular flexibility index (Phi) is 2.25. The molecule has 1 saturated heterocycles. The van der Waals surface area contributed by atoms with Gasteiger partial charge in [0.1, 0.15) is 5.82 Å². The van der Waals surface area contributed by atoms with Crippen LogP contribution >= 0.6 is 0 Å². The van der Waals surface area contributed by atoms with E-state index in [2.05, 4.69) is 21.4 Å². The molecule has 1 aliphatic rings. The smallest absolute Gasteiger partial charge is 0.147 e. The van der Waals surface area contributed by atoms with Gasteiger partial charge in [-0.25, -0.2) is 4.98 Å². The van der Waals surface area contributed by atoms with Crippen LogP contribution < -0.4 is 4.90 Å². The Balaban J connectivity index is 2.13. The van der Waals surface area contributed by atoms with Gasteiger partial charge in [0.05, 0.1) is 6.20 Å². The first kappa shape index (κ1) is 8.23. The molecule has 2 heterocycles. The third kappa shape index (κ3) is 1.86. The van der Waals surface area contributed by atoms with E-state index < -0.39 is 0 Å². The molecule has 68 valence electrons. The van der Waals surface area contributed by atoms with E-state index in [0.29, 0.717) is 0 Å². The zero-order valence-electron chi connectivity index (χ0n) is 7.61. The Labute approximate surface area is 78.1 Å². The molecule has 0 spiro atoms. The van der Waals surface area contributed by atoms with Gasteiger partial charge in [0.2, 0.25) is 0 Å². The maximum Gasteiger partial charge on any atom is 0.147 e. The van der Waals surface area contributed by atoms with E-state index in [0.717, 1.165) is 25.3 Å². The van der Waals surface area contributed by atoms with Crippen LogP contribution in [0.4, 0.5) is 5.82 Å². The van der Waals surface area contributed by atoms with Crippen LogP contribution in [0.15, 0.2) is 30.7 Å². The van der Waals surface area contributed by atoms with E-state index in [1.165, 1.54) is 12.0 Å². The van der Waals surface area contributed by atoms with E-state index >= 15 is 0 Å². The van der Waals surface area contributed by atoms with Gasteiger partial charge in [-0.1, -0.05) is 12.2 Å². The molecular weight excluding hydrogens is 162 g/mol. The molecule has 0 aromatic carbocycles. The van der Waals surface area contributed by atoms with Crippen molar-refractivity contribution in [2.75, 3.05) is 18.0 Å². The minimum atomic E-state index is 0.929. The predicted octanol–water partition coefficient (Wildman–Crippen LogP) is 1.63. The highest BCUT2D eigenvalue weighted by molar-refractivity contribution is 5.38. The average Bonchev–Trinajstić information content (AvgIpc) is 2.19. The van der Waals surface area contributed by atoms with Crippen molar-refractivity contribution in [3.8, 4) is 0 Å². The highest BCUT2D eigenvalue weighted by Gasteiger charge is 2.13. The second-order valence-corrected chi connectivity index (χ2v) is 3.34. The Morgan fingerprint density at radius 3 is 3.00 bits per heavy atom. The molecule has 0 aliphatic carbocycles. The molecular formula is C10H13N3. The Bertz CT molecular complexity index is 294. The second-order valence-electron chi connectivity index (χ2n) is 3.34. The van der Waals surface area contributed by atoms with Gasteiger partial charge in [-0.05, 0) is 12.8 Å². The van der Waals surface area contributed by atoms with Crippen molar-refractivity contribution < 1.29 is 0 Å². The molecule has 1 aromatic rings. The number of aromatic nitrogens is 2. The molecule has 0 unspecified atom stereocenters. The van der Waals surface area contributed by atoms with Gasteiger partial charge in [-0.3, -0.25) is 4.98 Å². The summed E-state index contributed by atoms with van der Waals surface area (Å²) in [4.78, 5) is 10.5. The fourth-order valence-electron chi connectivity index (χ4n) is 1.60. The molecule has 3 heteroatoms. The molecule has 3 nitrogen and oxygen atoms in total. The van der Waals surface area contributed by atoms with Crippen LogP contribution in [-0.4, -0.2) is 23.1 Å². The van der Waals surface area contributed by atoms with E-state index in [4.69, 9.17) is 0 Å². The fourth-order valence-corrected chi connectivity index (χ4v) is 1.60. The van der Waals surface area contributed by atoms with Crippen molar-refractivity contribution in [3.05, 3.63) is 30.7 Å². The standard InChI is InChI=1S/C10H13N3/c1-9-3-2-6-13(8-9)10-7-11-4-5-12-10/h4-5,7H,1-3,6,8H2. The molecule has 1 fully saturated rings. The minimum absolute atomic E-state index is 0.929. The van der Waals surface area contributed by atoms with Crippen LogP contribution in [0.1, 0.15) is 12.8 Å². The van der Waals surface area contributed by atoms with E-state index in [-0.39, 0.29) is 0 Å². The van der Waals surface area contributed by atoms with Gasteiger partial charge in [-0.2, -0.15) is 0 Å². The summed E-state index contributed by atoms with van der Waals surface area (Å²) < 4.78 is 0. The van der Waals surface area contributed by atoms with E-state index in [9.17, 15) is 0 Å². The summed E-state index contributed by atoms with van der Waals surface area (Å²) in [7, 11) is 0.